The first-order chi connectivity index (χ1) is 8.43. The number of hydrogen-bond donors (Lipinski definition) is 1. The van der Waals surface area contributed by atoms with Crippen molar-refractivity contribution in [3.63, 3.8) is 0 Å². The Labute approximate surface area is 107 Å². The third-order valence-electron chi connectivity index (χ3n) is 2.75. The second-order valence-corrected chi connectivity index (χ2v) is 4.45. The van der Waals surface area contributed by atoms with E-state index in [4.69, 9.17) is 0 Å². The average molecular weight is 249 g/mol. The first-order valence-electron chi connectivity index (χ1n) is 5.89. The highest BCUT2D eigenvalue weighted by Crippen LogP contribution is 2.28. The third kappa shape index (κ3) is 3.87. The molecule has 1 amide bonds. The van der Waals surface area contributed by atoms with Crippen molar-refractivity contribution >= 4 is 17.6 Å². The van der Waals surface area contributed by atoms with Gasteiger partial charge in [0.2, 0.25) is 5.91 Å². The fraction of sp³-hybridized carbons (Fsp3) is 0.429. The van der Waals surface area contributed by atoms with Crippen LogP contribution in [0.15, 0.2) is 18.2 Å². The lowest BCUT2D eigenvalue weighted by atomic mass is 9.95. The zero-order valence-corrected chi connectivity index (χ0v) is 11.2. The standard InChI is InChI=1S/C14H19NO3/c1-9-5-6-12(10(2)8-14(17)18-4)13(7-9)15-11(3)16/h5-7,10H,8H2,1-4H3,(H,15,16). The van der Waals surface area contributed by atoms with Crippen LogP contribution < -0.4 is 5.32 Å². The summed E-state index contributed by atoms with van der Waals surface area (Å²) in [6, 6.07) is 5.81. The normalized spacial score (nSPS) is 11.8. The highest BCUT2D eigenvalue weighted by molar-refractivity contribution is 5.90. The predicted octanol–water partition coefficient (Wildman–Crippen LogP) is 2.62. The molecule has 4 nitrogen and oxygen atoms in total. The minimum atomic E-state index is -0.253. The van der Waals surface area contributed by atoms with Crippen molar-refractivity contribution < 1.29 is 14.3 Å². The summed E-state index contributed by atoms with van der Waals surface area (Å²) in [5.74, 6) is -0.371. The van der Waals surface area contributed by atoms with Crippen molar-refractivity contribution in [1.82, 2.24) is 0 Å². The number of anilines is 1. The lowest BCUT2D eigenvalue weighted by Crippen LogP contribution is -2.12. The van der Waals surface area contributed by atoms with Crippen LogP contribution in [0.25, 0.3) is 0 Å². The van der Waals surface area contributed by atoms with Crippen LogP contribution in [-0.4, -0.2) is 19.0 Å². The molecule has 0 aliphatic rings. The van der Waals surface area contributed by atoms with E-state index in [-0.39, 0.29) is 17.8 Å². The van der Waals surface area contributed by atoms with Crippen LogP contribution in [-0.2, 0) is 14.3 Å². The molecule has 1 aromatic carbocycles. The molecule has 0 spiro atoms. The van der Waals surface area contributed by atoms with Gasteiger partial charge in [-0.25, -0.2) is 0 Å². The molecule has 0 aliphatic carbocycles. The third-order valence-corrected chi connectivity index (χ3v) is 2.75. The van der Waals surface area contributed by atoms with Crippen molar-refractivity contribution in [1.29, 1.82) is 0 Å². The number of carbonyl (C=O) groups excluding carboxylic acids is 2. The van der Waals surface area contributed by atoms with Gasteiger partial charge >= 0.3 is 5.97 Å². The second kappa shape index (κ2) is 6.19. The molecule has 4 heteroatoms. The monoisotopic (exact) mass is 249 g/mol. The van der Waals surface area contributed by atoms with Gasteiger partial charge in [0.15, 0.2) is 0 Å². The molecule has 1 N–H and O–H groups in total. The summed E-state index contributed by atoms with van der Waals surface area (Å²) >= 11 is 0. The van der Waals surface area contributed by atoms with E-state index in [9.17, 15) is 9.59 Å². The maximum Gasteiger partial charge on any atom is 0.306 e. The van der Waals surface area contributed by atoms with Gasteiger partial charge in [0.1, 0.15) is 0 Å². The number of carbonyl (C=O) groups is 2. The minimum Gasteiger partial charge on any atom is -0.469 e. The van der Waals surface area contributed by atoms with Crippen LogP contribution >= 0.6 is 0 Å². The highest BCUT2D eigenvalue weighted by Gasteiger charge is 2.15. The van der Waals surface area contributed by atoms with Crippen LogP contribution in [0.4, 0.5) is 5.69 Å². The van der Waals surface area contributed by atoms with Gasteiger partial charge in [0, 0.05) is 12.6 Å². The van der Waals surface area contributed by atoms with Crippen LogP contribution in [0.5, 0.6) is 0 Å². The number of aryl methyl sites for hydroxylation is 1. The zero-order chi connectivity index (χ0) is 13.7. The molecule has 0 bridgehead atoms. The minimum absolute atomic E-state index is 0.0000926. The average Bonchev–Trinajstić information content (AvgIpc) is 2.27. The molecule has 0 heterocycles. The van der Waals surface area contributed by atoms with Crippen molar-refractivity contribution in [2.24, 2.45) is 0 Å². The van der Waals surface area contributed by atoms with Gasteiger partial charge in [-0.2, -0.15) is 0 Å². The SMILES string of the molecule is COC(=O)CC(C)c1ccc(C)cc1NC(C)=O. The smallest absolute Gasteiger partial charge is 0.306 e. The van der Waals surface area contributed by atoms with E-state index in [0.29, 0.717) is 6.42 Å². The Bertz CT molecular complexity index is 454. The number of methoxy groups -OCH3 is 1. The Morgan fingerprint density at radius 2 is 2.06 bits per heavy atom. The number of hydrogen-bond acceptors (Lipinski definition) is 3. The van der Waals surface area contributed by atoms with Crippen LogP contribution in [0.3, 0.4) is 0 Å². The largest absolute Gasteiger partial charge is 0.469 e. The molecule has 18 heavy (non-hydrogen) atoms. The second-order valence-electron chi connectivity index (χ2n) is 4.45. The molecule has 0 fully saturated rings. The number of amides is 1. The molecule has 0 saturated heterocycles. The summed E-state index contributed by atoms with van der Waals surface area (Å²) in [5, 5.41) is 2.80. The van der Waals surface area contributed by atoms with Gasteiger partial charge in [-0.05, 0) is 30.0 Å². The van der Waals surface area contributed by atoms with E-state index in [1.54, 1.807) is 0 Å². The molecule has 98 valence electrons. The molecule has 1 aromatic rings. The summed E-state index contributed by atoms with van der Waals surface area (Å²) in [6.45, 7) is 5.37. The van der Waals surface area contributed by atoms with Crippen molar-refractivity contribution in [3.05, 3.63) is 29.3 Å². The molecule has 0 radical (unpaired) electrons. The summed E-state index contributed by atoms with van der Waals surface area (Å²) in [6.07, 6.45) is 0.298. The fourth-order valence-corrected chi connectivity index (χ4v) is 1.84. The van der Waals surface area contributed by atoms with E-state index < -0.39 is 0 Å². The molecule has 0 saturated carbocycles. The van der Waals surface area contributed by atoms with Gasteiger partial charge in [-0.15, -0.1) is 0 Å². The predicted molar refractivity (Wildman–Crippen MR) is 70.5 cm³/mol. The number of benzene rings is 1. The zero-order valence-electron chi connectivity index (χ0n) is 11.2. The Morgan fingerprint density at radius 1 is 1.39 bits per heavy atom. The molecule has 1 atom stereocenters. The van der Waals surface area contributed by atoms with Crippen LogP contribution in [0.2, 0.25) is 0 Å². The maximum atomic E-state index is 11.3. The first kappa shape index (κ1) is 14.2. The molecular weight excluding hydrogens is 230 g/mol. The van der Waals surface area contributed by atoms with E-state index in [0.717, 1.165) is 16.8 Å². The molecule has 0 aliphatic heterocycles. The number of esters is 1. The quantitative estimate of drug-likeness (QED) is 0.834. The number of ether oxygens (including phenoxy) is 1. The fourth-order valence-electron chi connectivity index (χ4n) is 1.84. The van der Waals surface area contributed by atoms with E-state index >= 15 is 0 Å². The van der Waals surface area contributed by atoms with Gasteiger partial charge in [-0.1, -0.05) is 19.1 Å². The van der Waals surface area contributed by atoms with Gasteiger partial charge in [0.05, 0.1) is 13.5 Å². The maximum absolute atomic E-state index is 11.3. The molecule has 1 unspecified atom stereocenters. The summed E-state index contributed by atoms with van der Waals surface area (Å²) in [7, 11) is 1.37. The summed E-state index contributed by atoms with van der Waals surface area (Å²) in [4.78, 5) is 22.5. The summed E-state index contributed by atoms with van der Waals surface area (Å²) < 4.78 is 4.66. The van der Waals surface area contributed by atoms with Crippen LogP contribution in [0.1, 0.15) is 37.3 Å². The van der Waals surface area contributed by atoms with Crippen molar-refractivity contribution in [2.45, 2.75) is 33.1 Å². The van der Waals surface area contributed by atoms with Crippen molar-refractivity contribution in [3.8, 4) is 0 Å². The highest BCUT2D eigenvalue weighted by atomic mass is 16.5. The van der Waals surface area contributed by atoms with E-state index in [2.05, 4.69) is 10.1 Å². The Balaban J connectivity index is 2.99. The van der Waals surface area contributed by atoms with Crippen LogP contribution in [0, 0.1) is 6.92 Å². The van der Waals surface area contributed by atoms with Gasteiger partial charge in [0.25, 0.3) is 0 Å². The Hall–Kier alpha value is -1.84. The van der Waals surface area contributed by atoms with Gasteiger partial charge in [-0.3, -0.25) is 9.59 Å². The summed E-state index contributed by atoms with van der Waals surface area (Å²) in [5.41, 5.74) is 2.77. The van der Waals surface area contributed by atoms with Crippen molar-refractivity contribution in [2.75, 3.05) is 12.4 Å². The van der Waals surface area contributed by atoms with Gasteiger partial charge < -0.3 is 10.1 Å². The molecular formula is C14H19NO3. The molecule has 1 rings (SSSR count). The lowest BCUT2D eigenvalue weighted by molar-refractivity contribution is -0.141. The topological polar surface area (TPSA) is 55.4 Å². The van der Waals surface area contributed by atoms with E-state index in [1.807, 2.05) is 32.0 Å². The lowest BCUT2D eigenvalue weighted by Gasteiger charge is -2.16. The van der Waals surface area contributed by atoms with E-state index in [1.165, 1.54) is 14.0 Å². The Morgan fingerprint density at radius 3 is 2.61 bits per heavy atom. The first-order valence-corrected chi connectivity index (χ1v) is 5.89. The number of rotatable bonds is 4. The number of nitrogens with one attached hydrogen (secondary N) is 1. The molecule has 0 aromatic heterocycles. The Kier molecular flexibility index (Phi) is 4.89.